The number of hydrogen-bond donors (Lipinski definition) is 0. The molecule has 2 aliphatic rings. The molecule has 2 atom stereocenters. The Labute approximate surface area is 188 Å². The number of carbonyl (C=O) groups is 1. The van der Waals surface area contributed by atoms with E-state index in [4.69, 9.17) is 44.6 Å². The Kier molecular flexibility index (Phi) is 4.94. The molecule has 0 aromatic heterocycles. The van der Waals surface area contributed by atoms with Gasteiger partial charge in [0.15, 0.2) is 0 Å². The van der Waals surface area contributed by atoms with Crippen LogP contribution in [0.15, 0.2) is 71.8 Å². The summed E-state index contributed by atoms with van der Waals surface area (Å²) in [5.74, 6) is 0.457. The van der Waals surface area contributed by atoms with Gasteiger partial charge in [-0.05, 0) is 60.2 Å². The van der Waals surface area contributed by atoms with Gasteiger partial charge in [-0.3, -0.25) is 4.79 Å². The van der Waals surface area contributed by atoms with Crippen LogP contribution in [-0.4, -0.2) is 22.7 Å². The van der Waals surface area contributed by atoms with Gasteiger partial charge in [-0.15, -0.1) is 0 Å². The fourth-order valence-corrected chi connectivity index (χ4v) is 4.24. The number of halogens is 3. The topological polar surface area (TPSA) is 41.9 Å². The second-order valence-corrected chi connectivity index (χ2v) is 8.49. The van der Waals surface area contributed by atoms with Crippen LogP contribution in [0.5, 0.6) is 5.75 Å². The SMILES string of the molecule is O=C(c1ccc(Cl)cc1)[C@@H]1Oc2ccc(Cl)cc2[C@@H]2CC(c3ccc(Cl)cc3)=NN12. The van der Waals surface area contributed by atoms with E-state index in [1.54, 1.807) is 41.4 Å². The number of nitrogens with zero attached hydrogens (tertiary/aromatic N) is 2. The fourth-order valence-electron chi connectivity index (χ4n) is 3.80. The van der Waals surface area contributed by atoms with Gasteiger partial charge in [0.05, 0.1) is 11.8 Å². The summed E-state index contributed by atoms with van der Waals surface area (Å²) in [6, 6.07) is 19.6. The van der Waals surface area contributed by atoms with Gasteiger partial charge >= 0.3 is 0 Å². The second-order valence-electron chi connectivity index (χ2n) is 7.18. The highest BCUT2D eigenvalue weighted by molar-refractivity contribution is 6.31. The first kappa shape index (κ1) is 19.4. The molecule has 0 fully saturated rings. The monoisotopic (exact) mass is 456 g/mol. The van der Waals surface area contributed by atoms with Gasteiger partial charge in [-0.25, -0.2) is 5.01 Å². The van der Waals surface area contributed by atoms with E-state index < -0.39 is 6.23 Å². The van der Waals surface area contributed by atoms with Gasteiger partial charge in [0.25, 0.3) is 6.23 Å². The van der Waals surface area contributed by atoms with Crippen LogP contribution in [0.4, 0.5) is 0 Å². The van der Waals surface area contributed by atoms with E-state index in [0.717, 1.165) is 16.8 Å². The van der Waals surface area contributed by atoms with Gasteiger partial charge in [0.1, 0.15) is 5.75 Å². The zero-order valence-electron chi connectivity index (χ0n) is 15.6. The first-order valence-electron chi connectivity index (χ1n) is 9.37. The summed E-state index contributed by atoms with van der Waals surface area (Å²) in [7, 11) is 0. The fraction of sp³-hybridized carbons (Fsp3) is 0.130. The van der Waals surface area contributed by atoms with Crippen molar-refractivity contribution in [2.24, 2.45) is 5.10 Å². The minimum absolute atomic E-state index is 0.153. The number of fused-ring (bicyclic) bond motifs is 3. The van der Waals surface area contributed by atoms with Gasteiger partial charge in [0.2, 0.25) is 5.78 Å². The van der Waals surface area contributed by atoms with E-state index in [1.165, 1.54) is 0 Å². The lowest BCUT2D eigenvalue weighted by Crippen LogP contribution is -2.45. The van der Waals surface area contributed by atoms with E-state index >= 15 is 0 Å². The molecular weight excluding hydrogens is 443 g/mol. The van der Waals surface area contributed by atoms with Crippen LogP contribution in [0.3, 0.4) is 0 Å². The van der Waals surface area contributed by atoms with Crippen molar-refractivity contribution in [3.05, 3.63) is 98.5 Å². The van der Waals surface area contributed by atoms with Crippen molar-refractivity contribution in [2.75, 3.05) is 0 Å². The minimum atomic E-state index is -0.880. The Balaban J connectivity index is 1.57. The standard InChI is InChI=1S/C23H15Cl3N2O2/c24-15-5-1-13(2-6-15)19-12-20-18-11-17(26)9-10-21(18)30-23(28(20)27-19)22(29)14-3-7-16(25)8-4-14/h1-11,20,23H,12H2/t20-,23-/m0/s1. The molecule has 0 saturated heterocycles. The van der Waals surface area contributed by atoms with Gasteiger partial charge in [-0.1, -0.05) is 46.9 Å². The van der Waals surface area contributed by atoms with Crippen LogP contribution in [-0.2, 0) is 0 Å². The summed E-state index contributed by atoms with van der Waals surface area (Å²) >= 11 is 18.2. The molecular formula is C23H15Cl3N2O2. The quantitative estimate of drug-likeness (QED) is 0.427. The Morgan fingerprint density at radius 2 is 1.53 bits per heavy atom. The normalized spacial score (nSPS) is 19.6. The Bertz CT molecular complexity index is 1160. The van der Waals surface area contributed by atoms with Crippen molar-refractivity contribution >= 4 is 46.3 Å². The molecule has 3 aromatic carbocycles. The van der Waals surface area contributed by atoms with E-state index in [1.807, 2.05) is 30.3 Å². The molecule has 0 radical (unpaired) electrons. The molecule has 7 heteroatoms. The highest BCUT2D eigenvalue weighted by atomic mass is 35.5. The van der Waals surface area contributed by atoms with Crippen LogP contribution in [0.25, 0.3) is 0 Å². The molecule has 0 unspecified atom stereocenters. The van der Waals surface area contributed by atoms with Crippen molar-refractivity contribution in [1.82, 2.24) is 5.01 Å². The van der Waals surface area contributed by atoms with Crippen LogP contribution < -0.4 is 4.74 Å². The minimum Gasteiger partial charge on any atom is -0.461 e. The lowest BCUT2D eigenvalue weighted by atomic mass is 9.96. The molecule has 30 heavy (non-hydrogen) atoms. The third-order valence-electron chi connectivity index (χ3n) is 5.28. The summed E-state index contributed by atoms with van der Waals surface area (Å²) in [4.78, 5) is 13.3. The second kappa shape index (κ2) is 7.62. The summed E-state index contributed by atoms with van der Waals surface area (Å²) in [6.45, 7) is 0. The lowest BCUT2D eigenvalue weighted by Gasteiger charge is -2.37. The van der Waals surface area contributed by atoms with Crippen molar-refractivity contribution < 1.29 is 9.53 Å². The summed E-state index contributed by atoms with van der Waals surface area (Å²) in [5, 5.41) is 8.35. The first-order valence-corrected chi connectivity index (χ1v) is 10.5. The van der Waals surface area contributed by atoms with Crippen LogP contribution in [0.2, 0.25) is 15.1 Å². The number of Topliss-reactive ketones (excluding diaryl/α,β-unsaturated/α-hetero) is 1. The molecule has 0 aliphatic carbocycles. The molecule has 2 heterocycles. The van der Waals surface area contributed by atoms with E-state index in [0.29, 0.717) is 32.8 Å². The van der Waals surface area contributed by atoms with Crippen molar-refractivity contribution in [1.29, 1.82) is 0 Å². The van der Waals surface area contributed by atoms with E-state index in [-0.39, 0.29) is 11.8 Å². The average Bonchev–Trinajstić information content (AvgIpc) is 3.19. The van der Waals surface area contributed by atoms with Gasteiger partial charge < -0.3 is 4.74 Å². The number of hydrazone groups is 1. The van der Waals surface area contributed by atoms with Crippen molar-refractivity contribution in [3.8, 4) is 5.75 Å². The number of hydrogen-bond acceptors (Lipinski definition) is 4. The molecule has 0 bridgehead atoms. The Morgan fingerprint density at radius 3 is 2.23 bits per heavy atom. The molecule has 0 amide bonds. The number of benzene rings is 3. The highest BCUT2D eigenvalue weighted by Crippen LogP contribution is 2.44. The molecule has 0 N–H and O–H groups in total. The maximum atomic E-state index is 13.3. The zero-order valence-corrected chi connectivity index (χ0v) is 17.8. The van der Waals surface area contributed by atoms with Crippen molar-refractivity contribution in [2.45, 2.75) is 18.7 Å². The number of rotatable bonds is 3. The first-order chi connectivity index (χ1) is 14.5. The maximum absolute atomic E-state index is 13.3. The molecule has 3 aromatic rings. The lowest BCUT2D eigenvalue weighted by molar-refractivity contribution is -0.00455. The number of ketones is 1. The van der Waals surface area contributed by atoms with E-state index in [9.17, 15) is 4.79 Å². The molecule has 0 spiro atoms. The van der Waals surface area contributed by atoms with Crippen LogP contribution in [0.1, 0.15) is 33.9 Å². The zero-order chi connectivity index (χ0) is 20.8. The summed E-state index contributed by atoms with van der Waals surface area (Å²) in [6.07, 6.45) is -0.252. The van der Waals surface area contributed by atoms with Crippen LogP contribution in [0, 0.1) is 0 Å². The van der Waals surface area contributed by atoms with E-state index in [2.05, 4.69) is 0 Å². The molecule has 2 aliphatic heterocycles. The molecule has 150 valence electrons. The predicted octanol–water partition coefficient (Wildman–Crippen LogP) is 6.40. The van der Waals surface area contributed by atoms with Gasteiger partial charge in [-0.2, -0.15) is 5.10 Å². The maximum Gasteiger partial charge on any atom is 0.251 e. The number of ether oxygens (including phenoxy) is 1. The highest BCUT2D eigenvalue weighted by Gasteiger charge is 2.43. The Hall–Kier alpha value is -2.53. The van der Waals surface area contributed by atoms with Gasteiger partial charge in [0, 0.05) is 32.6 Å². The largest absolute Gasteiger partial charge is 0.461 e. The third kappa shape index (κ3) is 3.45. The molecule has 5 rings (SSSR count). The summed E-state index contributed by atoms with van der Waals surface area (Å²) in [5.41, 5.74) is 3.24. The third-order valence-corrected chi connectivity index (χ3v) is 6.02. The average molecular weight is 458 g/mol. The number of carbonyl (C=O) groups excluding carboxylic acids is 1. The smallest absolute Gasteiger partial charge is 0.251 e. The Morgan fingerprint density at radius 1 is 0.900 bits per heavy atom. The van der Waals surface area contributed by atoms with Crippen LogP contribution >= 0.6 is 34.8 Å². The molecule has 4 nitrogen and oxygen atoms in total. The van der Waals surface area contributed by atoms with Crippen molar-refractivity contribution in [3.63, 3.8) is 0 Å². The predicted molar refractivity (Wildman–Crippen MR) is 119 cm³/mol. The summed E-state index contributed by atoms with van der Waals surface area (Å²) < 4.78 is 6.11. The molecule has 0 saturated carbocycles.